The van der Waals surface area contributed by atoms with E-state index in [2.05, 4.69) is 6.58 Å². The van der Waals surface area contributed by atoms with Crippen molar-refractivity contribution in [3.05, 3.63) is 42.5 Å². The Labute approximate surface area is 129 Å². The smallest absolute Gasteiger partial charge is 0.266 e. The topological polar surface area (TPSA) is 43.4 Å². The summed E-state index contributed by atoms with van der Waals surface area (Å²) in [6.45, 7) is 5.89. The predicted octanol–water partition coefficient (Wildman–Crippen LogP) is 4.62. The third-order valence-corrected chi connectivity index (χ3v) is 4.68. The molecular weight excluding hydrogens is 284 g/mol. The van der Waals surface area contributed by atoms with Gasteiger partial charge in [-0.2, -0.15) is 8.42 Å². The molecule has 0 heterocycles. The normalized spacial score (nSPS) is 11.5. The lowest BCUT2D eigenvalue weighted by Gasteiger charge is -2.06. The fourth-order valence-corrected chi connectivity index (χ4v) is 2.98. The summed E-state index contributed by atoms with van der Waals surface area (Å²) in [5.74, 6) is 0. The van der Waals surface area contributed by atoms with Crippen LogP contribution in [0.4, 0.5) is 0 Å². The largest absolute Gasteiger partial charge is 0.296 e. The van der Waals surface area contributed by atoms with Crippen LogP contribution in [0.2, 0.25) is 0 Å². The molecule has 118 valence electrons. The molecule has 1 rings (SSSR count). The predicted molar refractivity (Wildman–Crippen MR) is 86.8 cm³/mol. The third kappa shape index (κ3) is 7.44. The van der Waals surface area contributed by atoms with Gasteiger partial charge in [0.15, 0.2) is 0 Å². The summed E-state index contributed by atoms with van der Waals surface area (Å²) in [6.07, 6.45) is 9.56. The van der Waals surface area contributed by atoms with Gasteiger partial charge in [0.05, 0.1) is 11.5 Å². The van der Waals surface area contributed by atoms with Crippen LogP contribution in [0.1, 0.15) is 50.5 Å². The summed E-state index contributed by atoms with van der Waals surface area (Å²) >= 11 is 0. The van der Waals surface area contributed by atoms with Gasteiger partial charge in [0.1, 0.15) is 0 Å². The second-order valence-electron chi connectivity index (χ2n) is 5.29. The van der Waals surface area contributed by atoms with Crippen LogP contribution >= 0.6 is 0 Å². The van der Waals surface area contributed by atoms with E-state index in [9.17, 15) is 8.42 Å². The van der Waals surface area contributed by atoms with E-state index in [0.29, 0.717) is 0 Å². The van der Waals surface area contributed by atoms with Crippen molar-refractivity contribution in [2.45, 2.75) is 56.8 Å². The van der Waals surface area contributed by atoms with E-state index >= 15 is 0 Å². The second-order valence-corrected chi connectivity index (χ2v) is 6.90. The van der Waals surface area contributed by atoms with Crippen LogP contribution in [0.15, 0.2) is 41.8 Å². The van der Waals surface area contributed by atoms with Gasteiger partial charge in [-0.1, -0.05) is 49.5 Å². The summed E-state index contributed by atoms with van der Waals surface area (Å²) in [5.41, 5.74) is 1.03. The number of allylic oxidation sites excluding steroid dienone is 1. The highest BCUT2D eigenvalue weighted by Gasteiger charge is 2.14. The van der Waals surface area contributed by atoms with E-state index in [1.165, 1.54) is 19.3 Å². The molecule has 1 aromatic rings. The van der Waals surface area contributed by atoms with Gasteiger partial charge in [0.25, 0.3) is 10.1 Å². The zero-order chi connectivity index (χ0) is 15.6. The van der Waals surface area contributed by atoms with Crippen LogP contribution in [0, 0.1) is 6.92 Å². The molecule has 0 spiro atoms. The van der Waals surface area contributed by atoms with Crippen molar-refractivity contribution < 1.29 is 12.6 Å². The Balaban J connectivity index is 2.17. The Morgan fingerprint density at radius 1 is 1.00 bits per heavy atom. The van der Waals surface area contributed by atoms with Gasteiger partial charge in [-0.3, -0.25) is 4.18 Å². The number of hydrogen-bond donors (Lipinski definition) is 0. The lowest BCUT2D eigenvalue weighted by molar-refractivity contribution is 0.306. The summed E-state index contributed by atoms with van der Waals surface area (Å²) in [4.78, 5) is 0.234. The molecular formula is C17H26O3S. The van der Waals surface area contributed by atoms with E-state index in [1.807, 2.05) is 13.0 Å². The minimum absolute atomic E-state index is 0.234. The van der Waals surface area contributed by atoms with Crippen LogP contribution in [-0.4, -0.2) is 15.0 Å². The zero-order valence-electron chi connectivity index (χ0n) is 12.9. The Bertz CT molecular complexity index is 503. The first-order chi connectivity index (χ1) is 10.1. The number of hydrogen-bond acceptors (Lipinski definition) is 3. The van der Waals surface area contributed by atoms with Crippen LogP contribution in [0.5, 0.6) is 0 Å². The minimum Gasteiger partial charge on any atom is -0.266 e. The lowest BCUT2D eigenvalue weighted by atomic mass is 10.1. The molecule has 21 heavy (non-hydrogen) atoms. The van der Waals surface area contributed by atoms with Crippen LogP contribution in [0.25, 0.3) is 0 Å². The summed E-state index contributed by atoms with van der Waals surface area (Å²) in [6, 6.07) is 6.73. The van der Waals surface area contributed by atoms with Crippen LogP contribution in [-0.2, 0) is 14.3 Å². The van der Waals surface area contributed by atoms with Crippen molar-refractivity contribution >= 4 is 10.1 Å². The summed E-state index contributed by atoms with van der Waals surface area (Å²) in [7, 11) is -3.59. The molecule has 0 atom stereocenters. The maximum absolute atomic E-state index is 11.9. The molecule has 0 radical (unpaired) electrons. The Hall–Kier alpha value is -1.13. The molecule has 0 unspecified atom stereocenters. The first kappa shape index (κ1) is 17.9. The molecule has 1 aromatic carbocycles. The Kier molecular flexibility index (Phi) is 8.31. The molecule has 3 nitrogen and oxygen atoms in total. The fraction of sp³-hybridized carbons (Fsp3) is 0.529. The average Bonchev–Trinajstić information content (AvgIpc) is 2.46. The number of benzene rings is 1. The SMILES string of the molecule is C=CCCCCCCCCOS(=O)(=O)c1ccc(C)cc1. The van der Waals surface area contributed by atoms with Gasteiger partial charge in [-0.15, -0.1) is 6.58 Å². The minimum atomic E-state index is -3.59. The van der Waals surface area contributed by atoms with Crippen molar-refractivity contribution in [2.75, 3.05) is 6.61 Å². The van der Waals surface area contributed by atoms with Gasteiger partial charge in [-0.25, -0.2) is 0 Å². The zero-order valence-corrected chi connectivity index (χ0v) is 13.7. The fourth-order valence-electron chi connectivity index (χ4n) is 2.04. The van der Waals surface area contributed by atoms with Crippen molar-refractivity contribution in [2.24, 2.45) is 0 Å². The summed E-state index contributed by atoms with van der Waals surface area (Å²) < 4.78 is 28.9. The third-order valence-electron chi connectivity index (χ3n) is 3.35. The highest BCUT2D eigenvalue weighted by molar-refractivity contribution is 7.86. The van der Waals surface area contributed by atoms with Gasteiger partial charge in [0, 0.05) is 0 Å². The molecule has 4 heteroatoms. The van der Waals surface area contributed by atoms with Gasteiger partial charge in [-0.05, 0) is 38.3 Å². The molecule has 0 saturated heterocycles. The molecule has 0 aliphatic carbocycles. The molecule has 0 fully saturated rings. The first-order valence-corrected chi connectivity index (χ1v) is 9.04. The van der Waals surface area contributed by atoms with Crippen molar-refractivity contribution in [1.82, 2.24) is 0 Å². The van der Waals surface area contributed by atoms with Crippen molar-refractivity contribution in [3.8, 4) is 0 Å². The molecule has 0 aliphatic rings. The molecule has 0 amide bonds. The van der Waals surface area contributed by atoms with Gasteiger partial charge >= 0.3 is 0 Å². The molecule has 0 aliphatic heterocycles. The Morgan fingerprint density at radius 2 is 1.57 bits per heavy atom. The molecule has 0 aromatic heterocycles. The van der Waals surface area contributed by atoms with Crippen molar-refractivity contribution in [3.63, 3.8) is 0 Å². The van der Waals surface area contributed by atoms with Crippen LogP contribution in [0.3, 0.4) is 0 Å². The number of unbranched alkanes of at least 4 members (excludes halogenated alkanes) is 6. The maximum atomic E-state index is 11.9. The maximum Gasteiger partial charge on any atom is 0.296 e. The van der Waals surface area contributed by atoms with E-state index in [-0.39, 0.29) is 11.5 Å². The highest BCUT2D eigenvalue weighted by Crippen LogP contribution is 2.14. The van der Waals surface area contributed by atoms with Crippen molar-refractivity contribution in [1.29, 1.82) is 0 Å². The number of aryl methyl sites for hydroxylation is 1. The Morgan fingerprint density at radius 3 is 2.19 bits per heavy atom. The van der Waals surface area contributed by atoms with E-state index < -0.39 is 10.1 Å². The van der Waals surface area contributed by atoms with E-state index in [1.54, 1.807) is 24.3 Å². The standard InChI is InChI=1S/C17H26O3S/c1-3-4-5-6-7-8-9-10-15-20-21(18,19)17-13-11-16(2)12-14-17/h3,11-14H,1,4-10,15H2,2H3. The van der Waals surface area contributed by atoms with E-state index in [4.69, 9.17) is 4.18 Å². The summed E-state index contributed by atoms with van der Waals surface area (Å²) in [5, 5.41) is 0. The first-order valence-electron chi connectivity index (χ1n) is 7.63. The molecule has 0 N–H and O–H groups in total. The van der Waals surface area contributed by atoms with Gasteiger partial charge < -0.3 is 0 Å². The lowest BCUT2D eigenvalue weighted by Crippen LogP contribution is -2.07. The number of rotatable bonds is 11. The highest BCUT2D eigenvalue weighted by atomic mass is 32.2. The second kappa shape index (κ2) is 9.74. The average molecular weight is 310 g/mol. The monoisotopic (exact) mass is 310 g/mol. The molecule has 0 bridgehead atoms. The van der Waals surface area contributed by atoms with Gasteiger partial charge in [0.2, 0.25) is 0 Å². The quantitative estimate of drug-likeness (QED) is 0.340. The van der Waals surface area contributed by atoms with E-state index in [0.717, 1.165) is 31.2 Å². The molecule has 0 saturated carbocycles. The van der Waals surface area contributed by atoms with Crippen LogP contribution < -0.4 is 0 Å².